The average molecular weight is 424 g/mol. The molecule has 0 N–H and O–H groups in total. The van der Waals surface area contributed by atoms with Crippen LogP contribution in [0.5, 0.6) is 0 Å². The molecule has 160 valence electrons. The highest BCUT2D eigenvalue weighted by Crippen LogP contribution is 2.49. The first-order valence-corrected chi connectivity index (χ1v) is 11.3. The van der Waals surface area contributed by atoms with Crippen molar-refractivity contribution in [2.24, 2.45) is 28.8 Å². The number of aromatic nitrogens is 1. The lowest BCUT2D eigenvalue weighted by Gasteiger charge is -2.37. The second-order valence-electron chi connectivity index (χ2n) is 9.23. The number of imide groups is 1. The topological polar surface area (TPSA) is 54.7 Å². The Labute approximate surface area is 187 Å². The van der Waals surface area contributed by atoms with Crippen molar-refractivity contribution in [3.05, 3.63) is 83.6 Å². The van der Waals surface area contributed by atoms with Crippen LogP contribution in [0.2, 0.25) is 0 Å². The van der Waals surface area contributed by atoms with E-state index in [4.69, 9.17) is 0 Å². The van der Waals surface area contributed by atoms with Gasteiger partial charge in [0.1, 0.15) is 0 Å². The number of benzene rings is 2. The second kappa shape index (κ2) is 7.30. The van der Waals surface area contributed by atoms with Gasteiger partial charge in [-0.25, -0.2) is 0 Å². The quantitative estimate of drug-likeness (QED) is 0.352. The van der Waals surface area contributed by atoms with E-state index in [1.54, 1.807) is 6.21 Å². The Bertz CT molecular complexity index is 1270. The van der Waals surface area contributed by atoms with Gasteiger partial charge in [-0.3, -0.25) is 9.59 Å². The van der Waals surface area contributed by atoms with E-state index in [0.29, 0.717) is 0 Å². The minimum Gasteiger partial charge on any atom is -0.342 e. The number of para-hydroxylation sites is 1. The van der Waals surface area contributed by atoms with Crippen LogP contribution in [0.15, 0.2) is 72.0 Å². The van der Waals surface area contributed by atoms with Gasteiger partial charge in [0.25, 0.3) is 11.8 Å². The van der Waals surface area contributed by atoms with Crippen LogP contribution in [0.3, 0.4) is 0 Å². The van der Waals surface area contributed by atoms with Crippen LogP contribution in [-0.2, 0) is 16.1 Å². The van der Waals surface area contributed by atoms with Gasteiger partial charge in [-0.05, 0) is 48.8 Å². The molecule has 3 aliphatic carbocycles. The maximum Gasteiger partial charge on any atom is 0.254 e. The van der Waals surface area contributed by atoms with E-state index < -0.39 is 0 Å². The Balaban J connectivity index is 1.33. The van der Waals surface area contributed by atoms with Crippen molar-refractivity contribution in [2.45, 2.75) is 26.3 Å². The molecule has 4 aliphatic rings. The van der Waals surface area contributed by atoms with Gasteiger partial charge in [-0.2, -0.15) is 10.1 Å². The fourth-order valence-electron chi connectivity index (χ4n) is 5.77. The lowest BCUT2D eigenvalue weighted by Crippen LogP contribution is -2.38. The Hall–Kier alpha value is -3.47. The molecule has 0 radical (unpaired) electrons. The number of carbonyl (C=O) groups is 2. The highest BCUT2D eigenvalue weighted by molar-refractivity contribution is 6.07. The minimum absolute atomic E-state index is 0.140. The van der Waals surface area contributed by atoms with E-state index in [1.807, 2.05) is 18.2 Å². The van der Waals surface area contributed by atoms with E-state index in [9.17, 15) is 9.59 Å². The molecule has 32 heavy (non-hydrogen) atoms. The molecular formula is C27H25N3O2. The molecule has 5 heteroatoms. The van der Waals surface area contributed by atoms with Crippen molar-refractivity contribution in [3.8, 4) is 0 Å². The predicted octanol–water partition coefficient (Wildman–Crippen LogP) is 4.53. The van der Waals surface area contributed by atoms with Crippen LogP contribution in [-0.4, -0.2) is 27.6 Å². The minimum atomic E-state index is -0.231. The standard InChI is InChI=1S/C27H25N3O2/c1-17-6-2-3-7-20(17)15-29-16-21(22-8-4-5-9-23(22)29)14-28-30-26(31)24-18-10-11-19(13-12-18)25(24)27(30)32/h2-11,14,16,18-19,24-25H,12-13,15H2,1H3/b28-14-/t18-,19-,24-,25+/m0/s1. The summed E-state index contributed by atoms with van der Waals surface area (Å²) in [6.07, 6.45) is 9.99. The van der Waals surface area contributed by atoms with Crippen molar-refractivity contribution >= 4 is 28.9 Å². The summed E-state index contributed by atoms with van der Waals surface area (Å²) in [5.74, 6) is -0.384. The van der Waals surface area contributed by atoms with Gasteiger partial charge in [-0.1, -0.05) is 54.6 Å². The van der Waals surface area contributed by atoms with Crippen molar-refractivity contribution in [1.29, 1.82) is 0 Å². The molecule has 0 spiro atoms. The van der Waals surface area contributed by atoms with Crippen molar-refractivity contribution < 1.29 is 9.59 Å². The second-order valence-corrected chi connectivity index (χ2v) is 9.23. The van der Waals surface area contributed by atoms with E-state index in [1.165, 1.54) is 11.1 Å². The number of carbonyl (C=O) groups excluding carboxylic acids is 2. The van der Waals surface area contributed by atoms with Crippen molar-refractivity contribution in [1.82, 2.24) is 9.58 Å². The molecule has 4 atom stereocenters. The number of fused-ring (bicyclic) bond motifs is 2. The molecular weight excluding hydrogens is 398 g/mol. The zero-order valence-electron chi connectivity index (χ0n) is 18.0. The molecule has 1 aromatic heterocycles. The van der Waals surface area contributed by atoms with Gasteiger partial charge in [0.2, 0.25) is 0 Å². The normalized spacial score (nSPS) is 26.6. The van der Waals surface area contributed by atoms with Gasteiger partial charge in [0, 0.05) is 29.2 Å². The third kappa shape index (κ3) is 2.88. The van der Waals surface area contributed by atoms with Gasteiger partial charge < -0.3 is 4.57 Å². The summed E-state index contributed by atoms with van der Waals surface area (Å²) in [5.41, 5.74) is 4.52. The number of hydrazone groups is 1. The molecule has 3 aromatic rings. The lowest BCUT2D eigenvalue weighted by molar-refractivity contribution is -0.140. The van der Waals surface area contributed by atoms with Gasteiger partial charge >= 0.3 is 0 Å². The molecule has 7 rings (SSSR count). The Kier molecular flexibility index (Phi) is 4.39. The van der Waals surface area contributed by atoms with E-state index in [0.717, 1.165) is 40.9 Å². The predicted molar refractivity (Wildman–Crippen MR) is 124 cm³/mol. The molecule has 0 unspecified atom stereocenters. The molecule has 1 aliphatic heterocycles. The van der Waals surface area contributed by atoms with Crippen LogP contribution in [0.25, 0.3) is 10.9 Å². The molecule has 5 nitrogen and oxygen atoms in total. The molecule has 2 heterocycles. The monoisotopic (exact) mass is 423 g/mol. The highest BCUT2D eigenvalue weighted by atomic mass is 16.2. The number of hydrogen-bond acceptors (Lipinski definition) is 3. The van der Waals surface area contributed by atoms with E-state index in [2.05, 4.69) is 65.3 Å². The third-order valence-electron chi connectivity index (χ3n) is 7.47. The largest absolute Gasteiger partial charge is 0.342 e. The first-order chi connectivity index (χ1) is 15.6. The SMILES string of the molecule is Cc1ccccc1Cn1cc(/C=N\N2C(=O)[C@@H]3[C@H](C2=O)[C@H]2C=C[C@H]3CC2)c2ccccc21. The Morgan fingerprint density at radius 2 is 1.59 bits per heavy atom. The van der Waals surface area contributed by atoms with Crippen LogP contribution < -0.4 is 0 Å². The summed E-state index contributed by atoms with van der Waals surface area (Å²) >= 11 is 0. The lowest BCUT2D eigenvalue weighted by atomic mass is 9.63. The zero-order valence-corrected chi connectivity index (χ0v) is 18.0. The molecule has 2 aromatic carbocycles. The smallest absolute Gasteiger partial charge is 0.254 e. The maximum atomic E-state index is 13.1. The summed E-state index contributed by atoms with van der Waals surface area (Å²) in [4.78, 5) is 26.1. The summed E-state index contributed by atoms with van der Waals surface area (Å²) in [5, 5.41) is 6.63. The van der Waals surface area contributed by atoms with Gasteiger partial charge in [-0.15, -0.1) is 0 Å². The summed E-state index contributed by atoms with van der Waals surface area (Å²) in [6, 6.07) is 16.5. The first-order valence-electron chi connectivity index (χ1n) is 11.3. The number of aryl methyl sites for hydroxylation is 1. The van der Waals surface area contributed by atoms with Crippen LogP contribution in [0, 0.1) is 30.6 Å². The summed E-state index contributed by atoms with van der Waals surface area (Å²) < 4.78 is 2.20. The highest BCUT2D eigenvalue weighted by Gasteiger charge is 2.56. The Morgan fingerprint density at radius 1 is 0.938 bits per heavy atom. The molecule has 2 fully saturated rings. The number of rotatable bonds is 4. The zero-order chi connectivity index (χ0) is 21.8. The van der Waals surface area contributed by atoms with E-state index >= 15 is 0 Å². The number of amides is 2. The fourth-order valence-corrected chi connectivity index (χ4v) is 5.77. The van der Waals surface area contributed by atoms with Crippen molar-refractivity contribution in [3.63, 3.8) is 0 Å². The fraction of sp³-hybridized carbons (Fsp3) is 0.296. The van der Waals surface area contributed by atoms with Crippen molar-refractivity contribution in [2.75, 3.05) is 0 Å². The van der Waals surface area contributed by atoms with Crippen LogP contribution in [0.4, 0.5) is 0 Å². The molecule has 1 saturated carbocycles. The Morgan fingerprint density at radius 3 is 2.28 bits per heavy atom. The maximum absolute atomic E-state index is 13.1. The van der Waals surface area contributed by atoms with Gasteiger partial charge in [0.15, 0.2) is 0 Å². The molecule has 2 bridgehead atoms. The molecule has 2 amide bonds. The third-order valence-corrected chi connectivity index (χ3v) is 7.47. The first kappa shape index (κ1) is 19.2. The average Bonchev–Trinajstić information content (AvgIpc) is 3.31. The van der Waals surface area contributed by atoms with Crippen LogP contribution >= 0.6 is 0 Å². The molecule has 1 saturated heterocycles. The number of hydrogen-bond donors (Lipinski definition) is 0. The van der Waals surface area contributed by atoms with Crippen LogP contribution in [0.1, 0.15) is 29.5 Å². The summed E-state index contributed by atoms with van der Waals surface area (Å²) in [6.45, 7) is 2.87. The number of allylic oxidation sites excluding steroid dienone is 2. The van der Waals surface area contributed by atoms with E-state index in [-0.39, 0.29) is 35.5 Å². The summed E-state index contributed by atoms with van der Waals surface area (Å²) in [7, 11) is 0. The van der Waals surface area contributed by atoms with Gasteiger partial charge in [0.05, 0.1) is 18.1 Å². The number of nitrogens with zero attached hydrogens (tertiary/aromatic N) is 3.